The molecular formula is C61H103N3O4. The molecule has 0 aromatic carbocycles. The number of alkyl carbamates (subject to hydrolysis) is 2. The van der Waals surface area contributed by atoms with Gasteiger partial charge in [0.05, 0.1) is 0 Å². The van der Waals surface area contributed by atoms with E-state index in [9.17, 15) is 9.59 Å². The van der Waals surface area contributed by atoms with Crippen molar-refractivity contribution >= 4 is 12.2 Å². The topological polar surface area (TPSA) is 79.9 Å². The first-order chi connectivity index (χ1) is 32.4. The Kier molecular flexibility index (Phi) is 16.6. The highest BCUT2D eigenvalue weighted by Crippen LogP contribution is 2.69. The van der Waals surface area contributed by atoms with Crippen LogP contribution in [0.5, 0.6) is 0 Å². The predicted octanol–water partition coefficient (Wildman–Crippen LogP) is 15.2. The zero-order valence-electron chi connectivity index (χ0n) is 45.7. The summed E-state index contributed by atoms with van der Waals surface area (Å²) < 4.78 is 12.2. The number of fused-ring (bicyclic) bond motifs is 10. The number of likely N-dealkylation sites (N-methyl/N-ethyl adjacent to an activating group) is 1. The Labute approximate surface area is 417 Å². The molecule has 8 aliphatic carbocycles. The fourth-order valence-electron chi connectivity index (χ4n) is 18.7. The number of nitrogens with one attached hydrogen (secondary N) is 2. The lowest BCUT2D eigenvalue weighted by atomic mass is 9.47. The molecule has 0 spiro atoms. The van der Waals surface area contributed by atoms with Gasteiger partial charge in [0.25, 0.3) is 0 Å². The second kappa shape index (κ2) is 21.6. The van der Waals surface area contributed by atoms with E-state index in [2.05, 4.69) is 96.9 Å². The fraction of sp³-hybridized carbons (Fsp3) is 0.902. The van der Waals surface area contributed by atoms with Crippen molar-refractivity contribution in [3.05, 3.63) is 23.3 Å². The standard InChI is InChI=1S/C61H103N3O4/c1-40(2)14-12-16-42(5)50-22-24-52-48-20-18-44-38-46(26-30-58(44,7)54(48)28-32-60(50,52)9)67-56(65)62-34-36-64(11)37-35-63-57(66)68-47-27-31-59(8)45(39-47)19-21-49-53-25-23-51(43(6)17-13-15-41(3)4)61(53,10)33-29-55(49)59/h18-19,40-43,46-55H,12-17,20-39H2,1-11H3,(H,62,65)(H,63,66)/t42-,43-,46+,47+,48+,49+,50-,51-,52?,53?,54+,55+,58+,59+,60-,61-/m1/s1. The maximum Gasteiger partial charge on any atom is 0.407 e. The molecule has 386 valence electrons. The highest BCUT2D eigenvalue weighted by atomic mass is 16.6. The third-order valence-electron chi connectivity index (χ3n) is 22.6. The molecule has 0 bridgehead atoms. The molecular weight excluding hydrogens is 839 g/mol. The molecule has 0 aliphatic heterocycles. The van der Waals surface area contributed by atoms with Gasteiger partial charge in [0.1, 0.15) is 12.2 Å². The molecule has 6 fully saturated rings. The Balaban J connectivity index is 0.715. The number of hydrogen-bond acceptors (Lipinski definition) is 5. The zero-order valence-corrected chi connectivity index (χ0v) is 45.7. The SMILES string of the molecule is CC(C)CCC[C@@H](C)[C@H]1CCC2[C@@H]3CC=C4C[C@@H](OC(=O)NCCN(C)CCNC(=O)O[C@H]5CC[C@@]6(C)C(=CC[C@H]7C8CC[C@H]([C@H](C)CCCC(C)C)[C@@]8(C)CC[C@@H]76)C5)CC[C@]4(C)[C@H]3CC[C@@]21C. The van der Waals surface area contributed by atoms with Crippen molar-refractivity contribution < 1.29 is 19.1 Å². The van der Waals surface area contributed by atoms with E-state index in [1.165, 1.54) is 103 Å². The van der Waals surface area contributed by atoms with Crippen molar-refractivity contribution in [1.29, 1.82) is 0 Å². The van der Waals surface area contributed by atoms with E-state index in [1.807, 2.05) is 7.05 Å². The molecule has 2 amide bonds. The van der Waals surface area contributed by atoms with Crippen LogP contribution in [0.25, 0.3) is 0 Å². The number of rotatable bonds is 18. The second-order valence-corrected chi connectivity index (χ2v) is 27.3. The van der Waals surface area contributed by atoms with E-state index in [-0.39, 0.29) is 35.2 Å². The van der Waals surface area contributed by atoms with Gasteiger partial charge in [0, 0.05) is 39.0 Å². The third kappa shape index (κ3) is 10.7. The lowest BCUT2D eigenvalue weighted by Gasteiger charge is -2.58. The van der Waals surface area contributed by atoms with E-state index < -0.39 is 0 Å². The molecule has 0 saturated heterocycles. The van der Waals surface area contributed by atoms with Crippen LogP contribution in [0.2, 0.25) is 0 Å². The first-order valence-corrected chi connectivity index (χ1v) is 29.3. The summed E-state index contributed by atoms with van der Waals surface area (Å²) in [5.41, 5.74) is 4.66. The van der Waals surface area contributed by atoms with Gasteiger partial charge in [-0.1, -0.05) is 131 Å². The molecule has 68 heavy (non-hydrogen) atoms. The quantitative estimate of drug-likeness (QED) is 0.134. The van der Waals surface area contributed by atoms with E-state index in [4.69, 9.17) is 9.47 Å². The minimum atomic E-state index is -0.296. The van der Waals surface area contributed by atoms with Gasteiger partial charge in [-0.05, 0) is 190 Å². The molecule has 0 radical (unpaired) electrons. The molecule has 7 nitrogen and oxygen atoms in total. The number of allylic oxidation sites excluding steroid dienone is 2. The normalized spacial score (nSPS) is 40.4. The summed E-state index contributed by atoms with van der Waals surface area (Å²) in [5, 5.41) is 6.07. The Morgan fingerprint density at radius 1 is 0.574 bits per heavy atom. The Morgan fingerprint density at radius 2 is 0.985 bits per heavy atom. The van der Waals surface area contributed by atoms with Gasteiger partial charge in [-0.3, -0.25) is 0 Å². The average molecular weight is 943 g/mol. The van der Waals surface area contributed by atoms with E-state index in [1.54, 1.807) is 11.1 Å². The second-order valence-electron chi connectivity index (χ2n) is 27.3. The maximum absolute atomic E-state index is 13.1. The summed E-state index contributed by atoms with van der Waals surface area (Å²) in [6, 6.07) is 0. The molecule has 0 aromatic rings. The fourth-order valence-corrected chi connectivity index (χ4v) is 18.7. The first-order valence-electron chi connectivity index (χ1n) is 29.3. The number of carbonyl (C=O) groups is 2. The number of ether oxygens (including phenoxy) is 2. The van der Waals surface area contributed by atoms with Crippen LogP contribution < -0.4 is 10.6 Å². The van der Waals surface area contributed by atoms with Crippen molar-refractivity contribution in [3.63, 3.8) is 0 Å². The van der Waals surface area contributed by atoms with Crippen molar-refractivity contribution in [2.45, 2.75) is 223 Å². The van der Waals surface area contributed by atoms with Crippen molar-refractivity contribution in [2.24, 2.45) is 92.7 Å². The van der Waals surface area contributed by atoms with Gasteiger partial charge >= 0.3 is 12.2 Å². The van der Waals surface area contributed by atoms with Crippen molar-refractivity contribution in [1.82, 2.24) is 15.5 Å². The van der Waals surface area contributed by atoms with Crippen LogP contribution in [0.1, 0.15) is 210 Å². The predicted molar refractivity (Wildman–Crippen MR) is 280 cm³/mol. The van der Waals surface area contributed by atoms with Crippen LogP contribution in [0.15, 0.2) is 23.3 Å². The number of carbonyl (C=O) groups excluding carboxylic acids is 2. The first kappa shape index (κ1) is 52.3. The summed E-state index contributed by atoms with van der Waals surface area (Å²) in [6.45, 7) is 27.6. The molecule has 2 N–H and O–H groups in total. The Hall–Kier alpha value is -2.02. The monoisotopic (exact) mass is 942 g/mol. The Bertz CT molecular complexity index is 1660. The van der Waals surface area contributed by atoms with Gasteiger partial charge in [-0.15, -0.1) is 0 Å². The number of nitrogens with zero attached hydrogens (tertiary/aromatic N) is 1. The van der Waals surface area contributed by atoms with Gasteiger partial charge in [0.2, 0.25) is 0 Å². The molecule has 6 saturated carbocycles. The lowest BCUT2D eigenvalue weighted by molar-refractivity contribution is -0.0581. The maximum atomic E-state index is 13.1. The summed E-state index contributed by atoms with van der Waals surface area (Å²) in [4.78, 5) is 28.3. The van der Waals surface area contributed by atoms with E-state index >= 15 is 0 Å². The molecule has 8 rings (SSSR count). The molecule has 2 unspecified atom stereocenters. The van der Waals surface area contributed by atoms with Crippen LogP contribution in [0.3, 0.4) is 0 Å². The molecule has 0 heterocycles. The van der Waals surface area contributed by atoms with Gasteiger partial charge in [0.15, 0.2) is 0 Å². The van der Waals surface area contributed by atoms with Gasteiger partial charge in [-0.25, -0.2) is 9.59 Å². The summed E-state index contributed by atoms with van der Waals surface area (Å²) in [7, 11) is 2.04. The van der Waals surface area contributed by atoms with Crippen LogP contribution >= 0.6 is 0 Å². The molecule has 16 atom stereocenters. The number of amides is 2. The largest absolute Gasteiger partial charge is 0.446 e. The minimum absolute atomic E-state index is 0.0406. The zero-order chi connectivity index (χ0) is 48.6. The van der Waals surface area contributed by atoms with Crippen LogP contribution in [-0.4, -0.2) is 62.5 Å². The summed E-state index contributed by atoms with van der Waals surface area (Å²) in [6.07, 6.45) is 32.5. The van der Waals surface area contributed by atoms with Crippen molar-refractivity contribution in [3.8, 4) is 0 Å². The highest BCUT2D eigenvalue weighted by Gasteiger charge is 2.61. The van der Waals surface area contributed by atoms with Crippen LogP contribution in [0.4, 0.5) is 9.59 Å². The van der Waals surface area contributed by atoms with Gasteiger partial charge in [-0.2, -0.15) is 0 Å². The van der Waals surface area contributed by atoms with E-state index in [0.717, 1.165) is 110 Å². The summed E-state index contributed by atoms with van der Waals surface area (Å²) in [5.74, 6) is 10.0. The molecule has 7 heteroatoms. The summed E-state index contributed by atoms with van der Waals surface area (Å²) >= 11 is 0. The smallest absolute Gasteiger partial charge is 0.407 e. The number of hydrogen-bond donors (Lipinski definition) is 2. The van der Waals surface area contributed by atoms with Gasteiger partial charge < -0.3 is 25.0 Å². The molecule has 0 aromatic heterocycles. The van der Waals surface area contributed by atoms with Crippen LogP contribution in [0, 0.1) is 92.7 Å². The minimum Gasteiger partial charge on any atom is -0.446 e. The Morgan fingerprint density at radius 3 is 1.38 bits per heavy atom. The average Bonchev–Trinajstić information content (AvgIpc) is 3.83. The molecule has 8 aliphatic rings. The lowest BCUT2D eigenvalue weighted by Crippen LogP contribution is -2.51. The van der Waals surface area contributed by atoms with E-state index in [0.29, 0.717) is 37.0 Å². The third-order valence-corrected chi connectivity index (χ3v) is 22.6. The van der Waals surface area contributed by atoms with Crippen LogP contribution in [-0.2, 0) is 9.47 Å². The highest BCUT2D eigenvalue weighted by molar-refractivity contribution is 5.67. The van der Waals surface area contributed by atoms with Crippen molar-refractivity contribution in [2.75, 3.05) is 33.2 Å².